The zero-order valence-corrected chi connectivity index (χ0v) is 11.7. The van der Waals surface area contributed by atoms with Crippen LogP contribution in [0.5, 0.6) is 5.75 Å². The van der Waals surface area contributed by atoms with E-state index in [-0.39, 0.29) is 17.9 Å². The molecule has 104 valence electrons. The van der Waals surface area contributed by atoms with Gasteiger partial charge in [0, 0.05) is 19.6 Å². The van der Waals surface area contributed by atoms with Crippen LogP contribution in [-0.2, 0) is 11.3 Å². The standard InChI is InChI=1S/C15H22N2O2/c1-15(2)7-8-17(11-15)14(18)10-19-13-5-3-12(9-16)4-6-13/h3-6H,7-11,16H2,1-2H3. The minimum Gasteiger partial charge on any atom is -0.484 e. The van der Waals surface area contributed by atoms with Crippen molar-refractivity contribution in [2.45, 2.75) is 26.8 Å². The van der Waals surface area contributed by atoms with Crippen molar-refractivity contribution < 1.29 is 9.53 Å². The van der Waals surface area contributed by atoms with Crippen LogP contribution in [0.1, 0.15) is 25.8 Å². The van der Waals surface area contributed by atoms with Gasteiger partial charge in [0.25, 0.3) is 5.91 Å². The molecule has 4 heteroatoms. The van der Waals surface area contributed by atoms with E-state index in [1.54, 1.807) is 0 Å². The van der Waals surface area contributed by atoms with Gasteiger partial charge in [-0.1, -0.05) is 26.0 Å². The molecule has 2 N–H and O–H groups in total. The van der Waals surface area contributed by atoms with Crippen molar-refractivity contribution in [1.29, 1.82) is 0 Å². The van der Waals surface area contributed by atoms with Crippen molar-refractivity contribution in [1.82, 2.24) is 4.90 Å². The maximum absolute atomic E-state index is 12.0. The van der Waals surface area contributed by atoms with Crippen molar-refractivity contribution in [2.24, 2.45) is 11.1 Å². The predicted molar refractivity (Wildman–Crippen MR) is 74.8 cm³/mol. The zero-order chi connectivity index (χ0) is 13.9. The summed E-state index contributed by atoms with van der Waals surface area (Å²) in [4.78, 5) is 13.9. The van der Waals surface area contributed by atoms with Gasteiger partial charge in [-0.2, -0.15) is 0 Å². The zero-order valence-electron chi connectivity index (χ0n) is 11.7. The fraction of sp³-hybridized carbons (Fsp3) is 0.533. The highest BCUT2D eigenvalue weighted by molar-refractivity contribution is 5.78. The molecule has 0 atom stereocenters. The molecule has 1 saturated heterocycles. The largest absolute Gasteiger partial charge is 0.484 e. The number of carbonyl (C=O) groups is 1. The molecule has 1 amide bonds. The average molecular weight is 262 g/mol. The Morgan fingerprint density at radius 3 is 2.58 bits per heavy atom. The van der Waals surface area contributed by atoms with Crippen molar-refractivity contribution >= 4 is 5.91 Å². The monoisotopic (exact) mass is 262 g/mol. The van der Waals surface area contributed by atoms with Crippen LogP contribution in [0.2, 0.25) is 0 Å². The summed E-state index contributed by atoms with van der Waals surface area (Å²) in [6, 6.07) is 7.53. The number of nitrogens with two attached hydrogens (primary N) is 1. The van der Waals surface area contributed by atoms with E-state index in [9.17, 15) is 4.79 Å². The van der Waals surface area contributed by atoms with Crippen molar-refractivity contribution in [2.75, 3.05) is 19.7 Å². The highest BCUT2D eigenvalue weighted by Gasteiger charge is 2.31. The Morgan fingerprint density at radius 2 is 2.05 bits per heavy atom. The van der Waals surface area contributed by atoms with Crippen LogP contribution in [0.15, 0.2) is 24.3 Å². The van der Waals surface area contributed by atoms with Gasteiger partial charge in [-0.25, -0.2) is 0 Å². The van der Waals surface area contributed by atoms with Gasteiger partial charge in [0.15, 0.2) is 6.61 Å². The molecular formula is C15H22N2O2. The van der Waals surface area contributed by atoms with E-state index in [0.717, 1.165) is 25.1 Å². The lowest BCUT2D eigenvalue weighted by Gasteiger charge is -2.19. The number of hydrogen-bond acceptors (Lipinski definition) is 3. The summed E-state index contributed by atoms with van der Waals surface area (Å²) in [5.74, 6) is 0.775. The molecule has 1 aliphatic rings. The molecule has 1 aromatic carbocycles. The molecule has 1 heterocycles. The molecule has 0 spiro atoms. The molecule has 0 aromatic heterocycles. The molecule has 1 aliphatic heterocycles. The first-order valence-corrected chi connectivity index (χ1v) is 6.70. The van der Waals surface area contributed by atoms with E-state index in [1.165, 1.54) is 0 Å². The topological polar surface area (TPSA) is 55.6 Å². The van der Waals surface area contributed by atoms with Crippen LogP contribution in [-0.4, -0.2) is 30.5 Å². The lowest BCUT2D eigenvalue weighted by Crippen LogP contribution is -2.34. The number of rotatable bonds is 4. The van der Waals surface area contributed by atoms with Crippen LogP contribution >= 0.6 is 0 Å². The van der Waals surface area contributed by atoms with Crippen LogP contribution in [0.4, 0.5) is 0 Å². The molecular weight excluding hydrogens is 240 g/mol. The average Bonchev–Trinajstić information content (AvgIpc) is 2.77. The van der Waals surface area contributed by atoms with Crippen molar-refractivity contribution in [3.8, 4) is 5.75 Å². The normalized spacial score (nSPS) is 17.5. The fourth-order valence-corrected chi connectivity index (χ4v) is 2.28. The maximum Gasteiger partial charge on any atom is 0.260 e. The molecule has 0 unspecified atom stereocenters. The highest BCUT2D eigenvalue weighted by atomic mass is 16.5. The summed E-state index contributed by atoms with van der Waals surface area (Å²) in [7, 11) is 0. The SMILES string of the molecule is CC1(C)CCN(C(=O)COc2ccc(CN)cc2)C1. The van der Waals surface area contributed by atoms with E-state index < -0.39 is 0 Å². The van der Waals surface area contributed by atoms with Crippen LogP contribution in [0.3, 0.4) is 0 Å². The lowest BCUT2D eigenvalue weighted by molar-refractivity contribution is -0.132. The van der Waals surface area contributed by atoms with E-state index in [1.807, 2.05) is 29.2 Å². The van der Waals surface area contributed by atoms with E-state index in [2.05, 4.69) is 13.8 Å². The molecule has 0 radical (unpaired) electrons. The van der Waals surface area contributed by atoms with Gasteiger partial charge >= 0.3 is 0 Å². The summed E-state index contributed by atoms with van der Waals surface area (Å²) >= 11 is 0. The van der Waals surface area contributed by atoms with E-state index >= 15 is 0 Å². The minimum absolute atomic E-state index is 0.0634. The fourth-order valence-electron chi connectivity index (χ4n) is 2.28. The number of hydrogen-bond donors (Lipinski definition) is 1. The lowest BCUT2D eigenvalue weighted by atomic mass is 9.93. The number of carbonyl (C=O) groups excluding carboxylic acids is 1. The van der Waals surface area contributed by atoms with Gasteiger partial charge in [-0.3, -0.25) is 4.79 Å². The summed E-state index contributed by atoms with van der Waals surface area (Å²) in [6.45, 7) is 6.65. The number of amides is 1. The van der Waals surface area contributed by atoms with E-state index in [4.69, 9.17) is 10.5 Å². The second-order valence-electron chi connectivity index (χ2n) is 5.87. The van der Waals surface area contributed by atoms with Gasteiger partial charge in [-0.05, 0) is 29.5 Å². The van der Waals surface area contributed by atoms with Crippen molar-refractivity contribution in [3.63, 3.8) is 0 Å². The van der Waals surface area contributed by atoms with E-state index in [0.29, 0.717) is 12.3 Å². The van der Waals surface area contributed by atoms with Gasteiger partial charge in [-0.15, -0.1) is 0 Å². The molecule has 0 bridgehead atoms. The Morgan fingerprint density at radius 1 is 1.37 bits per heavy atom. The predicted octanol–water partition coefficient (Wildman–Crippen LogP) is 1.78. The van der Waals surface area contributed by atoms with Crippen molar-refractivity contribution in [3.05, 3.63) is 29.8 Å². The minimum atomic E-state index is 0.0634. The summed E-state index contributed by atoms with van der Waals surface area (Å²) in [5.41, 5.74) is 6.82. The number of ether oxygens (including phenoxy) is 1. The molecule has 1 fully saturated rings. The van der Waals surface area contributed by atoms with Crippen LogP contribution < -0.4 is 10.5 Å². The third kappa shape index (κ3) is 3.70. The first-order valence-electron chi connectivity index (χ1n) is 6.70. The third-order valence-electron chi connectivity index (χ3n) is 3.55. The molecule has 4 nitrogen and oxygen atoms in total. The molecule has 0 aliphatic carbocycles. The van der Waals surface area contributed by atoms with Gasteiger partial charge < -0.3 is 15.4 Å². The molecule has 1 aromatic rings. The Bertz CT molecular complexity index is 440. The Kier molecular flexibility index (Phi) is 4.10. The van der Waals surface area contributed by atoms with Gasteiger partial charge in [0.05, 0.1) is 0 Å². The number of likely N-dealkylation sites (tertiary alicyclic amines) is 1. The number of nitrogens with zero attached hydrogens (tertiary/aromatic N) is 1. The van der Waals surface area contributed by atoms with Gasteiger partial charge in [0.1, 0.15) is 5.75 Å². The third-order valence-corrected chi connectivity index (χ3v) is 3.55. The molecule has 2 rings (SSSR count). The maximum atomic E-state index is 12.0. The number of benzene rings is 1. The highest BCUT2D eigenvalue weighted by Crippen LogP contribution is 2.28. The summed E-state index contributed by atoms with van der Waals surface area (Å²) in [6.07, 6.45) is 1.06. The molecule has 19 heavy (non-hydrogen) atoms. The Labute approximate surface area is 114 Å². The second-order valence-corrected chi connectivity index (χ2v) is 5.87. The van der Waals surface area contributed by atoms with Gasteiger partial charge in [0.2, 0.25) is 0 Å². The van der Waals surface area contributed by atoms with Crippen LogP contribution in [0, 0.1) is 5.41 Å². The molecule has 0 saturated carbocycles. The summed E-state index contributed by atoms with van der Waals surface area (Å²) in [5, 5.41) is 0. The summed E-state index contributed by atoms with van der Waals surface area (Å²) < 4.78 is 5.52. The smallest absolute Gasteiger partial charge is 0.260 e. The van der Waals surface area contributed by atoms with Crippen LogP contribution in [0.25, 0.3) is 0 Å². The second kappa shape index (κ2) is 5.61. The first kappa shape index (κ1) is 13.9. The Balaban J connectivity index is 1.83. The first-order chi connectivity index (χ1) is 9.00. The Hall–Kier alpha value is -1.55. The quantitative estimate of drug-likeness (QED) is 0.900.